The monoisotopic (exact) mass is 367 g/mol. The molecule has 2 saturated carbocycles. The van der Waals surface area contributed by atoms with E-state index in [1.807, 2.05) is 6.07 Å². The van der Waals surface area contributed by atoms with Gasteiger partial charge >= 0.3 is 0 Å². The SMILES string of the molecule is Nc1cccc(C2C[C@H]3CCC[C@@H](C2)N3C2C[C@H]3CCCC[C@@H](C2)C3)c1N. The number of anilines is 2. The van der Waals surface area contributed by atoms with E-state index in [0.29, 0.717) is 5.92 Å². The van der Waals surface area contributed by atoms with Crippen LogP contribution in [0.25, 0.3) is 0 Å². The molecule has 27 heavy (non-hydrogen) atoms. The average Bonchev–Trinajstić information content (AvgIpc) is 2.82. The van der Waals surface area contributed by atoms with E-state index >= 15 is 0 Å². The van der Waals surface area contributed by atoms with E-state index in [1.165, 1.54) is 82.6 Å². The highest BCUT2D eigenvalue weighted by Crippen LogP contribution is 2.48. The van der Waals surface area contributed by atoms with Crippen molar-refractivity contribution in [1.29, 1.82) is 0 Å². The molecule has 6 atom stereocenters. The Labute approximate surface area is 164 Å². The minimum atomic E-state index is 0.603. The van der Waals surface area contributed by atoms with Gasteiger partial charge in [-0.25, -0.2) is 0 Å². The first kappa shape index (κ1) is 17.8. The van der Waals surface area contributed by atoms with E-state index in [0.717, 1.165) is 41.3 Å². The molecule has 0 amide bonds. The number of nitrogens with zero attached hydrogens (tertiary/aromatic N) is 1. The Balaban J connectivity index is 1.36. The molecule has 2 aliphatic carbocycles. The molecule has 1 aromatic rings. The lowest BCUT2D eigenvalue weighted by molar-refractivity contribution is -0.0338. The number of para-hydroxylation sites is 1. The van der Waals surface area contributed by atoms with E-state index in [1.54, 1.807) is 0 Å². The zero-order valence-corrected chi connectivity index (χ0v) is 16.8. The Morgan fingerprint density at radius 1 is 0.704 bits per heavy atom. The maximum atomic E-state index is 6.38. The molecule has 2 aliphatic heterocycles. The Hall–Kier alpha value is -1.22. The van der Waals surface area contributed by atoms with Crippen molar-refractivity contribution in [3.8, 4) is 0 Å². The number of benzene rings is 1. The molecule has 4 N–H and O–H groups in total. The Kier molecular flexibility index (Phi) is 4.83. The first-order valence-corrected chi connectivity index (χ1v) is 11.6. The van der Waals surface area contributed by atoms with E-state index in [2.05, 4.69) is 17.0 Å². The Morgan fingerprint density at radius 2 is 1.37 bits per heavy atom. The second kappa shape index (κ2) is 7.31. The van der Waals surface area contributed by atoms with Gasteiger partial charge in [-0.3, -0.25) is 4.90 Å². The van der Waals surface area contributed by atoms with E-state index in [-0.39, 0.29) is 0 Å². The predicted octanol–water partition coefficient (Wildman–Crippen LogP) is 5.31. The van der Waals surface area contributed by atoms with Crippen LogP contribution < -0.4 is 11.5 Å². The molecule has 0 radical (unpaired) electrons. The van der Waals surface area contributed by atoms with Crippen LogP contribution in [0.15, 0.2) is 18.2 Å². The second-order valence-corrected chi connectivity index (χ2v) is 10.1. The van der Waals surface area contributed by atoms with Gasteiger partial charge in [0.25, 0.3) is 0 Å². The van der Waals surface area contributed by atoms with E-state index < -0.39 is 0 Å². The van der Waals surface area contributed by atoms with Crippen LogP contribution in [0.5, 0.6) is 0 Å². The summed E-state index contributed by atoms with van der Waals surface area (Å²) in [5, 5.41) is 0. The first-order chi connectivity index (χ1) is 13.2. The van der Waals surface area contributed by atoms with Crippen LogP contribution in [-0.2, 0) is 0 Å². The van der Waals surface area contributed by atoms with Crippen LogP contribution in [0.4, 0.5) is 11.4 Å². The second-order valence-electron chi connectivity index (χ2n) is 10.1. The zero-order valence-electron chi connectivity index (χ0n) is 16.8. The summed E-state index contributed by atoms with van der Waals surface area (Å²) < 4.78 is 0. The maximum absolute atomic E-state index is 6.38. The molecule has 5 rings (SSSR count). The third-order valence-corrected chi connectivity index (χ3v) is 8.42. The van der Waals surface area contributed by atoms with Crippen LogP contribution in [0.2, 0.25) is 0 Å². The fourth-order valence-corrected chi connectivity index (χ4v) is 7.34. The summed E-state index contributed by atoms with van der Waals surface area (Å²) in [6.45, 7) is 0. The van der Waals surface area contributed by atoms with Crippen molar-refractivity contribution in [2.24, 2.45) is 11.8 Å². The van der Waals surface area contributed by atoms with Crippen LogP contribution in [0.3, 0.4) is 0 Å². The van der Waals surface area contributed by atoms with Gasteiger partial charge in [-0.05, 0) is 74.3 Å². The normalized spacial score (nSPS) is 39.7. The number of piperidine rings is 2. The van der Waals surface area contributed by atoms with Gasteiger partial charge < -0.3 is 11.5 Å². The van der Waals surface area contributed by atoms with Crippen molar-refractivity contribution >= 4 is 11.4 Å². The topological polar surface area (TPSA) is 55.3 Å². The maximum Gasteiger partial charge on any atom is 0.0583 e. The summed E-state index contributed by atoms with van der Waals surface area (Å²) in [5.74, 6) is 2.63. The molecule has 2 heterocycles. The first-order valence-electron chi connectivity index (χ1n) is 11.6. The molecule has 2 unspecified atom stereocenters. The summed E-state index contributed by atoms with van der Waals surface area (Å²) in [6.07, 6.45) is 17.2. The number of hydrogen-bond donors (Lipinski definition) is 2. The molecule has 148 valence electrons. The summed E-state index contributed by atoms with van der Waals surface area (Å²) in [6, 6.07) is 8.67. The summed E-state index contributed by atoms with van der Waals surface area (Å²) in [7, 11) is 0. The molecule has 3 nitrogen and oxygen atoms in total. The van der Waals surface area contributed by atoms with E-state index in [9.17, 15) is 0 Å². The molecule has 2 saturated heterocycles. The Bertz CT molecular complexity index is 644. The zero-order chi connectivity index (χ0) is 18.4. The van der Waals surface area contributed by atoms with Gasteiger partial charge in [-0.15, -0.1) is 0 Å². The lowest BCUT2D eigenvalue weighted by atomic mass is 9.71. The van der Waals surface area contributed by atoms with Gasteiger partial charge in [0.15, 0.2) is 0 Å². The largest absolute Gasteiger partial charge is 0.397 e. The van der Waals surface area contributed by atoms with Gasteiger partial charge in [0.2, 0.25) is 0 Å². The fourth-order valence-electron chi connectivity index (χ4n) is 7.34. The number of rotatable bonds is 2. The van der Waals surface area contributed by atoms with Crippen molar-refractivity contribution in [3.05, 3.63) is 23.8 Å². The lowest BCUT2D eigenvalue weighted by Crippen LogP contribution is -2.57. The van der Waals surface area contributed by atoms with Gasteiger partial charge in [0.1, 0.15) is 0 Å². The summed E-state index contributed by atoms with van der Waals surface area (Å²) >= 11 is 0. The highest BCUT2D eigenvalue weighted by atomic mass is 15.2. The molecule has 1 aromatic carbocycles. The standard InChI is InChI=1S/C24H37N3/c25-23-10-4-9-22(24(23)26)18-14-19-7-3-8-20(15-18)27(19)21-12-16-5-1-2-6-17(11-16)13-21/h4,9-10,16-21H,1-3,5-8,11-15,25-26H2/t16-,17+,18?,19-,20+,21?. The highest BCUT2D eigenvalue weighted by molar-refractivity contribution is 5.68. The molecule has 0 spiro atoms. The molecule has 0 aromatic heterocycles. The number of nitrogens with two attached hydrogens (primary N) is 2. The number of nitrogen functional groups attached to an aromatic ring is 2. The van der Waals surface area contributed by atoms with Crippen LogP contribution in [-0.4, -0.2) is 23.0 Å². The molecular weight excluding hydrogens is 330 g/mol. The minimum absolute atomic E-state index is 0.603. The fraction of sp³-hybridized carbons (Fsp3) is 0.750. The third kappa shape index (κ3) is 3.37. The highest BCUT2D eigenvalue weighted by Gasteiger charge is 2.44. The van der Waals surface area contributed by atoms with Crippen LogP contribution >= 0.6 is 0 Å². The average molecular weight is 368 g/mol. The summed E-state index contributed by atoms with van der Waals surface area (Å²) in [5.41, 5.74) is 15.4. The van der Waals surface area contributed by atoms with Crippen LogP contribution in [0.1, 0.15) is 88.5 Å². The molecule has 4 fully saturated rings. The third-order valence-electron chi connectivity index (χ3n) is 8.42. The van der Waals surface area contributed by atoms with Crippen molar-refractivity contribution in [2.75, 3.05) is 11.5 Å². The number of hydrogen-bond acceptors (Lipinski definition) is 3. The minimum Gasteiger partial charge on any atom is -0.397 e. The van der Waals surface area contributed by atoms with Gasteiger partial charge in [0.05, 0.1) is 11.4 Å². The van der Waals surface area contributed by atoms with Crippen molar-refractivity contribution in [3.63, 3.8) is 0 Å². The van der Waals surface area contributed by atoms with Crippen LogP contribution in [0, 0.1) is 11.8 Å². The van der Waals surface area contributed by atoms with Gasteiger partial charge in [0, 0.05) is 18.1 Å². The quantitative estimate of drug-likeness (QED) is 0.696. The van der Waals surface area contributed by atoms with E-state index in [4.69, 9.17) is 11.5 Å². The Morgan fingerprint density at radius 3 is 2.04 bits per heavy atom. The molecule has 3 heteroatoms. The van der Waals surface area contributed by atoms with Gasteiger partial charge in [-0.1, -0.05) is 44.2 Å². The smallest absolute Gasteiger partial charge is 0.0583 e. The number of fused-ring (bicyclic) bond motifs is 4. The molecular formula is C24H37N3. The van der Waals surface area contributed by atoms with Gasteiger partial charge in [-0.2, -0.15) is 0 Å². The summed E-state index contributed by atoms with van der Waals surface area (Å²) in [4.78, 5) is 3.03. The van der Waals surface area contributed by atoms with Crippen molar-refractivity contribution < 1.29 is 0 Å². The van der Waals surface area contributed by atoms with Crippen molar-refractivity contribution in [1.82, 2.24) is 4.90 Å². The van der Waals surface area contributed by atoms with Crippen molar-refractivity contribution in [2.45, 2.75) is 101 Å². The lowest BCUT2D eigenvalue weighted by Gasteiger charge is -2.54. The molecule has 4 aliphatic rings. The molecule has 4 bridgehead atoms. The predicted molar refractivity (Wildman–Crippen MR) is 114 cm³/mol.